The highest BCUT2D eigenvalue weighted by atomic mass is 15.0. The van der Waals surface area contributed by atoms with Crippen molar-refractivity contribution < 1.29 is 0 Å². The van der Waals surface area contributed by atoms with Gasteiger partial charge in [-0.25, -0.2) is 4.98 Å². The van der Waals surface area contributed by atoms with Gasteiger partial charge in [-0.1, -0.05) is 35.9 Å². The molecule has 0 bridgehead atoms. The van der Waals surface area contributed by atoms with Gasteiger partial charge in [-0.3, -0.25) is 0 Å². The number of hydrogen-bond donors (Lipinski definition) is 2. The van der Waals surface area contributed by atoms with Gasteiger partial charge in [-0.05, 0) is 24.6 Å². The Kier molecular flexibility index (Phi) is 3.60. The molecule has 0 amide bonds. The standard InChI is InChI=1S/C14H17N3/c1-11-6-8-12(9-7-11)10-16-14-5-3-4-13(15-2)17-14/h3-9H,10H2,1-2H3,(H2,15,16,17). The van der Waals surface area contributed by atoms with Gasteiger partial charge < -0.3 is 10.6 Å². The summed E-state index contributed by atoms with van der Waals surface area (Å²) in [5, 5.41) is 6.33. The van der Waals surface area contributed by atoms with Crippen LogP contribution in [0.5, 0.6) is 0 Å². The lowest BCUT2D eigenvalue weighted by atomic mass is 10.1. The minimum absolute atomic E-state index is 0.792. The molecule has 0 atom stereocenters. The van der Waals surface area contributed by atoms with Crippen molar-refractivity contribution in [1.82, 2.24) is 4.98 Å². The first-order chi connectivity index (χ1) is 8.28. The minimum Gasteiger partial charge on any atom is -0.373 e. The van der Waals surface area contributed by atoms with Crippen molar-refractivity contribution in [3.63, 3.8) is 0 Å². The summed E-state index contributed by atoms with van der Waals surface area (Å²) in [5.74, 6) is 1.76. The van der Waals surface area contributed by atoms with E-state index in [4.69, 9.17) is 0 Å². The van der Waals surface area contributed by atoms with Crippen molar-refractivity contribution >= 4 is 11.6 Å². The Bertz CT molecular complexity index is 477. The lowest BCUT2D eigenvalue weighted by molar-refractivity contribution is 1.11. The fraction of sp³-hybridized carbons (Fsp3) is 0.214. The van der Waals surface area contributed by atoms with Crippen LogP contribution in [0.4, 0.5) is 11.6 Å². The fourth-order valence-corrected chi connectivity index (χ4v) is 1.57. The van der Waals surface area contributed by atoms with Gasteiger partial charge in [0, 0.05) is 13.6 Å². The molecule has 17 heavy (non-hydrogen) atoms. The van der Waals surface area contributed by atoms with Crippen LogP contribution in [0.2, 0.25) is 0 Å². The molecule has 2 rings (SSSR count). The lowest BCUT2D eigenvalue weighted by Crippen LogP contribution is -2.02. The fourth-order valence-electron chi connectivity index (χ4n) is 1.57. The van der Waals surface area contributed by atoms with E-state index in [2.05, 4.69) is 46.8 Å². The number of benzene rings is 1. The Labute approximate surface area is 102 Å². The molecular formula is C14H17N3. The number of aromatic nitrogens is 1. The van der Waals surface area contributed by atoms with E-state index >= 15 is 0 Å². The van der Waals surface area contributed by atoms with E-state index in [0.717, 1.165) is 18.2 Å². The summed E-state index contributed by atoms with van der Waals surface area (Å²) in [6, 6.07) is 14.4. The zero-order chi connectivity index (χ0) is 12.1. The third-order valence-electron chi connectivity index (χ3n) is 2.60. The molecule has 3 nitrogen and oxygen atoms in total. The van der Waals surface area contributed by atoms with Gasteiger partial charge in [0.2, 0.25) is 0 Å². The maximum Gasteiger partial charge on any atom is 0.128 e. The number of rotatable bonds is 4. The van der Waals surface area contributed by atoms with E-state index in [0.29, 0.717) is 0 Å². The van der Waals surface area contributed by atoms with Crippen molar-refractivity contribution in [3.05, 3.63) is 53.6 Å². The molecule has 0 aliphatic rings. The molecule has 1 aromatic carbocycles. The van der Waals surface area contributed by atoms with Gasteiger partial charge >= 0.3 is 0 Å². The molecule has 0 saturated carbocycles. The molecule has 1 heterocycles. The predicted molar refractivity (Wildman–Crippen MR) is 72.3 cm³/mol. The van der Waals surface area contributed by atoms with Crippen LogP contribution in [-0.2, 0) is 6.54 Å². The van der Waals surface area contributed by atoms with Crippen LogP contribution in [0, 0.1) is 6.92 Å². The second-order valence-electron chi connectivity index (χ2n) is 4.00. The van der Waals surface area contributed by atoms with Gasteiger partial charge in [0.05, 0.1) is 0 Å². The highest BCUT2D eigenvalue weighted by molar-refractivity contribution is 5.45. The molecule has 88 valence electrons. The van der Waals surface area contributed by atoms with Gasteiger partial charge in [0.1, 0.15) is 11.6 Å². The van der Waals surface area contributed by atoms with E-state index in [1.807, 2.05) is 25.2 Å². The Hall–Kier alpha value is -2.03. The maximum atomic E-state index is 4.40. The van der Waals surface area contributed by atoms with Gasteiger partial charge in [-0.15, -0.1) is 0 Å². The Balaban J connectivity index is 1.99. The Morgan fingerprint density at radius 3 is 2.41 bits per heavy atom. The third-order valence-corrected chi connectivity index (χ3v) is 2.60. The van der Waals surface area contributed by atoms with E-state index in [1.165, 1.54) is 11.1 Å². The quantitative estimate of drug-likeness (QED) is 0.843. The highest BCUT2D eigenvalue weighted by Crippen LogP contribution is 2.10. The van der Waals surface area contributed by atoms with Crippen LogP contribution in [-0.4, -0.2) is 12.0 Å². The van der Waals surface area contributed by atoms with Crippen molar-refractivity contribution in [2.75, 3.05) is 17.7 Å². The molecule has 3 heteroatoms. The van der Waals surface area contributed by atoms with Crippen molar-refractivity contribution in [2.24, 2.45) is 0 Å². The number of nitrogens with one attached hydrogen (secondary N) is 2. The van der Waals surface area contributed by atoms with Crippen LogP contribution in [0.25, 0.3) is 0 Å². The molecule has 0 aliphatic heterocycles. The highest BCUT2D eigenvalue weighted by Gasteiger charge is 1.96. The molecular weight excluding hydrogens is 210 g/mol. The lowest BCUT2D eigenvalue weighted by Gasteiger charge is -2.07. The Morgan fingerprint density at radius 1 is 1.00 bits per heavy atom. The van der Waals surface area contributed by atoms with Gasteiger partial charge in [-0.2, -0.15) is 0 Å². The largest absolute Gasteiger partial charge is 0.373 e. The molecule has 2 N–H and O–H groups in total. The summed E-state index contributed by atoms with van der Waals surface area (Å²) < 4.78 is 0. The molecule has 1 aromatic heterocycles. The van der Waals surface area contributed by atoms with E-state index in [-0.39, 0.29) is 0 Å². The van der Waals surface area contributed by atoms with Crippen LogP contribution in [0.3, 0.4) is 0 Å². The summed E-state index contributed by atoms with van der Waals surface area (Å²) in [6.07, 6.45) is 0. The second-order valence-corrected chi connectivity index (χ2v) is 4.00. The molecule has 0 unspecified atom stereocenters. The van der Waals surface area contributed by atoms with Crippen LogP contribution >= 0.6 is 0 Å². The summed E-state index contributed by atoms with van der Waals surface area (Å²) in [7, 11) is 1.87. The number of anilines is 2. The zero-order valence-electron chi connectivity index (χ0n) is 10.2. The molecule has 2 aromatic rings. The number of pyridine rings is 1. The normalized spacial score (nSPS) is 10.0. The number of aryl methyl sites for hydroxylation is 1. The van der Waals surface area contributed by atoms with Gasteiger partial charge in [0.25, 0.3) is 0 Å². The summed E-state index contributed by atoms with van der Waals surface area (Å²) in [5.41, 5.74) is 2.54. The smallest absolute Gasteiger partial charge is 0.128 e. The van der Waals surface area contributed by atoms with Crippen molar-refractivity contribution in [1.29, 1.82) is 0 Å². The predicted octanol–water partition coefficient (Wildman–Crippen LogP) is 3.04. The summed E-state index contributed by atoms with van der Waals surface area (Å²) in [6.45, 7) is 2.88. The molecule has 0 spiro atoms. The van der Waals surface area contributed by atoms with E-state index in [1.54, 1.807) is 0 Å². The van der Waals surface area contributed by atoms with E-state index in [9.17, 15) is 0 Å². The third kappa shape index (κ3) is 3.21. The molecule has 0 fully saturated rings. The second kappa shape index (κ2) is 5.34. The van der Waals surface area contributed by atoms with Crippen LogP contribution < -0.4 is 10.6 Å². The van der Waals surface area contributed by atoms with E-state index < -0.39 is 0 Å². The first-order valence-electron chi connectivity index (χ1n) is 5.72. The molecule has 0 saturated heterocycles. The summed E-state index contributed by atoms with van der Waals surface area (Å²) >= 11 is 0. The maximum absolute atomic E-state index is 4.40. The molecule has 0 radical (unpaired) electrons. The number of hydrogen-bond acceptors (Lipinski definition) is 3. The first-order valence-corrected chi connectivity index (χ1v) is 5.72. The SMILES string of the molecule is CNc1cccc(NCc2ccc(C)cc2)n1. The van der Waals surface area contributed by atoms with Gasteiger partial charge in [0.15, 0.2) is 0 Å². The average Bonchev–Trinajstić information content (AvgIpc) is 2.38. The van der Waals surface area contributed by atoms with Crippen molar-refractivity contribution in [2.45, 2.75) is 13.5 Å². The first kappa shape index (κ1) is 11.5. The number of nitrogens with zero attached hydrogens (tertiary/aromatic N) is 1. The van der Waals surface area contributed by atoms with Crippen LogP contribution in [0.15, 0.2) is 42.5 Å². The Morgan fingerprint density at radius 2 is 1.71 bits per heavy atom. The van der Waals surface area contributed by atoms with Crippen LogP contribution in [0.1, 0.15) is 11.1 Å². The zero-order valence-corrected chi connectivity index (χ0v) is 10.2. The average molecular weight is 227 g/mol. The monoisotopic (exact) mass is 227 g/mol. The topological polar surface area (TPSA) is 37.0 Å². The van der Waals surface area contributed by atoms with Crippen molar-refractivity contribution in [3.8, 4) is 0 Å². The molecule has 0 aliphatic carbocycles. The summed E-state index contributed by atoms with van der Waals surface area (Å²) in [4.78, 5) is 4.40. The minimum atomic E-state index is 0.792.